The predicted octanol–water partition coefficient (Wildman–Crippen LogP) is 3.90. The largest absolute Gasteiger partial charge is 0.370 e. The minimum atomic E-state index is 0.718. The van der Waals surface area contributed by atoms with Gasteiger partial charge in [0.15, 0.2) is 0 Å². The Labute approximate surface area is 94.6 Å². The fourth-order valence-electron chi connectivity index (χ4n) is 2.04. The minimum absolute atomic E-state index is 0.718. The van der Waals surface area contributed by atoms with E-state index in [9.17, 15) is 0 Å². The number of hydrogen-bond acceptors (Lipinski definition) is 1. The Bertz CT molecular complexity index is 320. The molecule has 3 heteroatoms. The summed E-state index contributed by atoms with van der Waals surface area (Å²) in [5, 5.41) is 1.49. The highest BCUT2D eigenvalue weighted by Crippen LogP contribution is 2.34. The summed E-state index contributed by atoms with van der Waals surface area (Å²) in [5.41, 5.74) is 2.33. The second-order valence-corrected chi connectivity index (χ2v) is 4.59. The molecule has 1 aliphatic rings. The van der Waals surface area contributed by atoms with Gasteiger partial charge in [-0.15, -0.1) is 0 Å². The summed E-state index contributed by atoms with van der Waals surface area (Å²) < 4.78 is 0. The number of rotatable bonds is 1. The molecule has 0 unspecified atom stereocenters. The maximum absolute atomic E-state index is 6.19. The molecule has 1 fully saturated rings. The van der Waals surface area contributed by atoms with Crippen LogP contribution in [-0.4, -0.2) is 13.1 Å². The Kier molecular flexibility index (Phi) is 2.89. The van der Waals surface area contributed by atoms with Gasteiger partial charge in [0.1, 0.15) is 0 Å². The van der Waals surface area contributed by atoms with Crippen LogP contribution in [-0.2, 0) is 0 Å². The fourth-order valence-corrected chi connectivity index (χ4v) is 2.75. The van der Waals surface area contributed by atoms with Crippen molar-refractivity contribution in [1.29, 1.82) is 0 Å². The van der Waals surface area contributed by atoms with E-state index in [-0.39, 0.29) is 0 Å². The number of halogens is 2. The molecule has 1 aromatic rings. The standard InChI is InChI=1S/C11H13Cl2N/c1-8-6-9(12)7-10(13)11(8)14-4-2-3-5-14/h6-7H,2-5H2,1H3. The highest BCUT2D eigenvalue weighted by Gasteiger charge is 2.17. The van der Waals surface area contributed by atoms with Crippen LogP contribution in [0.25, 0.3) is 0 Å². The summed E-state index contributed by atoms with van der Waals surface area (Å²) in [4.78, 5) is 2.34. The van der Waals surface area contributed by atoms with Crippen molar-refractivity contribution in [2.24, 2.45) is 0 Å². The zero-order chi connectivity index (χ0) is 10.1. The highest BCUT2D eigenvalue weighted by atomic mass is 35.5. The summed E-state index contributed by atoms with van der Waals surface area (Å²) in [6.45, 7) is 4.29. The summed E-state index contributed by atoms with van der Waals surface area (Å²) in [6.07, 6.45) is 2.52. The zero-order valence-corrected chi connectivity index (χ0v) is 9.70. The Hall–Kier alpha value is -0.400. The summed E-state index contributed by atoms with van der Waals surface area (Å²) >= 11 is 12.1. The van der Waals surface area contributed by atoms with Crippen LogP contribution in [0.1, 0.15) is 18.4 Å². The molecular weight excluding hydrogens is 217 g/mol. The van der Waals surface area contributed by atoms with Crippen molar-refractivity contribution in [3.63, 3.8) is 0 Å². The first kappa shape index (κ1) is 10.1. The second kappa shape index (κ2) is 4.00. The van der Waals surface area contributed by atoms with Crippen LogP contribution in [0.15, 0.2) is 12.1 Å². The second-order valence-electron chi connectivity index (χ2n) is 3.75. The van der Waals surface area contributed by atoms with E-state index in [0.717, 1.165) is 28.8 Å². The first-order valence-electron chi connectivity index (χ1n) is 4.89. The number of hydrogen-bond donors (Lipinski definition) is 0. The smallest absolute Gasteiger partial charge is 0.0657 e. The van der Waals surface area contributed by atoms with E-state index in [4.69, 9.17) is 23.2 Å². The summed E-state index contributed by atoms with van der Waals surface area (Å²) in [7, 11) is 0. The topological polar surface area (TPSA) is 3.24 Å². The molecule has 0 bridgehead atoms. The van der Waals surface area contributed by atoms with Crippen LogP contribution in [0.2, 0.25) is 10.0 Å². The Morgan fingerprint density at radius 1 is 1.14 bits per heavy atom. The number of benzene rings is 1. The molecule has 2 rings (SSSR count). The van der Waals surface area contributed by atoms with Gasteiger partial charge in [0, 0.05) is 18.1 Å². The van der Waals surface area contributed by atoms with Gasteiger partial charge in [0.05, 0.1) is 10.7 Å². The van der Waals surface area contributed by atoms with E-state index in [0.29, 0.717) is 0 Å². The molecular formula is C11H13Cl2N. The zero-order valence-electron chi connectivity index (χ0n) is 8.19. The number of anilines is 1. The van der Waals surface area contributed by atoms with Crippen molar-refractivity contribution in [1.82, 2.24) is 0 Å². The maximum atomic E-state index is 6.19. The molecule has 0 saturated carbocycles. The maximum Gasteiger partial charge on any atom is 0.0657 e. The Morgan fingerprint density at radius 3 is 2.36 bits per heavy atom. The predicted molar refractivity (Wildman–Crippen MR) is 62.6 cm³/mol. The lowest BCUT2D eigenvalue weighted by molar-refractivity contribution is 0.949. The van der Waals surface area contributed by atoms with E-state index in [1.807, 2.05) is 12.1 Å². The molecule has 1 nitrogen and oxygen atoms in total. The van der Waals surface area contributed by atoms with Crippen molar-refractivity contribution in [3.05, 3.63) is 27.7 Å². The van der Waals surface area contributed by atoms with Gasteiger partial charge in [0.2, 0.25) is 0 Å². The molecule has 1 heterocycles. The first-order chi connectivity index (χ1) is 6.68. The third-order valence-electron chi connectivity index (χ3n) is 2.64. The SMILES string of the molecule is Cc1cc(Cl)cc(Cl)c1N1CCCC1. The molecule has 0 aromatic heterocycles. The Balaban J connectivity index is 2.40. The van der Waals surface area contributed by atoms with E-state index in [1.54, 1.807) is 0 Å². The van der Waals surface area contributed by atoms with Gasteiger partial charge in [-0.1, -0.05) is 23.2 Å². The number of aryl methyl sites for hydroxylation is 1. The first-order valence-corrected chi connectivity index (χ1v) is 5.64. The van der Waals surface area contributed by atoms with Crippen molar-refractivity contribution in [2.75, 3.05) is 18.0 Å². The highest BCUT2D eigenvalue weighted by molar-refractivity contribution is 6.36. The lowest BCUT2D eigenvalue weighted by Gasteiger charge is -2.21. The van der Waals surface area contributed by atoms with E-state index < -0.39 is 0 Å². The average molecular weight is 230 g/mol. The quantitative estimate of drug-likeness (QED) is 0.707. The lowest BCUT2D eigenvalue weighted by atomic mass is 10.2. The molecule has 0 N–H and O–H groups in total. The molecule has 0 spiro atoms. The van der Waals surface area contributed by atoms with Gasteiger partial charge >= 0.3 is 0 Å². The molecule has 1 aromatic carbocycles. The van der Waals surface area contributed by atoms with Gasteiger partial charge in [0.25, 0.3) is 0 Å². The van der Waals surface area contributed by atoms with Crippen molar-refractivity contribution >= 4 is 28.9 Å². The van der Waals surface area contributed by atoms with Crippen molar-refractivity contribution < 1.29 is 0 Å². The van der Waals surface area contributed by atoms with E-state index in [2.05, 4.69) is 11.8 Å². The summed E-state index contributed by atoms with van der Waals surface area (Å²) in [6, 6.07) is 3.80. The third-order valence-corrected chi connectivity index (χ3v) is 3.15. The molecule has 0 atom stereocenters. The van der Waals surface area contributed by atoms with Crippen LogP contribution >= 0.6 is 23.2 Å². The molecule has 76 valence electrons. The molecule has 14 heavy (non-hydrogen) atoms. The van der Waals surface area contributed by atoms with E-state index in [1.165, 1.54) is 18.4 Å². The Morgan fingerprint density at radius 2 is 1.79 bits per heavy atom. The van der Waals surface area contributed by atoms with Crippen LogP contribution in [0, 0.1) is 6.92 Å². The molecule has 1 saturated heterocycles. The number of nitrogens with zero attached hydrogens (tertiary/aromatic N) is 1. The summed E-state index contributed by atoms with van der Waals surface area (Å²) in [5.74, 6) is 0. The molecule has 1 aliphatic heterocycles. The van der Waals surface area contributed by atoms with Crippen molar-refractivity contribution in [3.8, 4) is 0 Å². The average Bonchev–Trinajstić information content (AvgIpc) is 2.54. The minimum Gasteiger partial charge on any atom is -0.370 e. The third kappa shape index (κ3) is 1.84. The molecule has 0 radical (unpaired) electrons. The molecule has 0 amide bonds. The van der Waals surface area contributed by atoms with Gasteiger partial charge in [-0.25, -0.2) is 0 Å². The fraction of sp³-hybridized carbons (Fsp3) is 0.455. The van der Waals surface area contributed by atoms with Crippen LogP contribution in [0.3, 0.4) is 0 Å². The van der Waals surface area contributed by atoms with Crippen LogP contribution < -0.4 is 4.90 Å². The van der Waals surface area contributed by atoms with Crippen LogP contribution in [0.5, 0.6) is 0 Å². The van der Waals surface area contributed by atoms with Gasteiger partial charge < -0.3 is 4.90 Å². The van der Waals surface area contributed by atoms with Crippen LogP contribution in [0.4, 0.5) is 5.69 Å². The van der Waals surface area contributed by atoms with Crippen molar-refractivity contribution in [2.45, 2.75) is 19.8 Å². The normalized spacial score (nSPS) is 16.4. The molecule has 0 aliphatic carbocycles. The monoisotopic (exact) mass is 229 g/mol. The van der Waals surface area contributed by atoms with E-state index >= 15 is 0 Å². The lowest BCUT2D eigenvalue weighted by Crippen LogP contribution is -2.19. The van der Waals surface area contributed by atoms with Gasteiger partial charge in [-0.3, -0.25) is 0 Å². The van der Waals surface area contributed by atoms with Gasteiger partial charge in [-0.05, 0) is 37.5 Å². The van der Waals surface area contributed by atoms with Gasteiger partial charge in [-0.2, -0.15) is 0 Å².